The summed E-state index contributed by atoms with van der Waals surface area (Å²) >= 11 is 0. The Morgan fingerprint density at radius 1 is 1.24 bits per heavy atom. The molecule has 0 radical (unpaired) electrons. The van der Waals surface area contributed by atoms with Crippen molar-refractivity contribution in [1.82, 2.24) is 20.2 Å². The molecule has 0 saturated carbocycles. The molecule has 3 N–H and O–H groups in total. The molecule has 4 amide bonds. The Morgan fingerprint density at radius 3 is 2.64 bits per heavy atom. The lowest BCUT2D eigenvalue weighted by Crippen LogP contribution is -2.45. The van der Waals surface area contributed by atoms with E-state index in [0.29, 0.717) is 5.69 Å². The summed E-state index contributed by atoms with van der Waals surface area (Å²) < 4.78 is 6.40. The quantitative estimate of drug-likeness (QED) is 0.577. The second kappa shape index (κ2) is 9.39. The Morgan fingerprint density at radius 2 is 1.97 bits per heavy atom. The SMILES string of the molecule is Cc1nc2c(NC(=O)CCNC(=O)OC(C)(C)C)cccc2c(=O)n1C1CCC(=O)NC1=O. The van der Waals surface area contributed by atoms with Crippen molar-refractivity contribution in [3.8, 4) is 0 Å². The van der Waals surface area contributed by atoms with E-state index in [0.717, 1.165) is 0 Å². The van der Waals surface area contributed by atoms with Gasteiger partial charge in [-0.3, -0.25) is 29.1 Å². The lowest BCUT2D eigenvalue weighted by molar-refractivity contribution is -0.135. The van der Waals surface area contributed by atoms with E-state index in [1.165, 1.54) is 4.57 Å². The van der Waals surface area contributed by atoms with Crippen LogP contribution in [0.2, 0.25) is 0 Å². The number of piperidine rings is 1. The van der Waals surface area contributed by atoms with Gasteiger partial charge in [-0.1, -0.05) is 6.07 Å². The number of nitrogens with zero attached hydrogens (tertiary/aromatic N) is 2. The molecule has 33 heavy (non-hydrogen) atoms. The fourth-order valence-corrected chi connectivity index (χ4v) is 3.53. The number of hydrogen-bond donors (Lipinski definition) is 3. The first-order valence-corrected chi connectivity index (χ1v) is 10.6. The lowest BCUT2D eigenvalue weighted by atomic mass is 10.1. The second-order valence-electron chi connectivity index (χ2n) is 8.73. The Bertz CT molecular complexity index is 1180. The summed E-state index contributed by atoms with van der Waals surface area (Å²) in [6.07, 6.45) is -0.290. The van der Waals surface area contributed by atoms with Crippen LogP contribution >= 0.6 is 0 Å². The number of aromatic nitrogens is 2. The Labute approximate surface area is 189 Å². The van der Waals surface area contributed by atoms with E-state index >= 15 is 0 Å². The number of rotatable bonds is 5. The molecule has 1 atom stereocenters. The van der Waals surface area contributed by atoms with Crippen molar-refractivity contribution in [2.24, 2.45) is 0 Å². The fourth-order valence-electron chi connectivity index (χ4n) is 3.53. The van der Waals surface area contributed by atoms with Crippen LogP contribution < -0.4 is 21.5 Å². The zero-order valence-corrected chi connectivity index (χ0v) is 19.0. The minimum Gasteiger partial charge on any atom is -0.444 e. The maximum absolute atomic E-state index is 13.2. The summed E-state index contributed by atoms with van der Waals surface area (Å²) in [6.45, 7) is 6.88. The number of amides is 4. The van der Waals surface area contributed by atoms with Crippen LogP contribution in [0.25, 0.3) is 10.9 Å². The Hall–Kier alpha value is -3.76. The van der Waals surface area contributed by atoms with Crippen molar-refractivity contribution in [3.63, 3.8) is 0 Å². The van der Waals surface area contributed by atoms with Gasteiger partial charge in [0.25, 0.3) is 5.56 Å². The van der Waals surface area contributed by atoms with E-state index in [1.54, 1.807) is 45.9 Å². The van der Waals surface area contributed by atoms with E-state index in [2.05, 4.69) is 20.9 Å². The number of hydrogen-bond acceptors (Lipinski definition) is 7. The predicted molar refractivity (Wildman–Crippen MR) is 120 cm³/mol. The van der Waals surface area contributed by atoms with Gasteiger partial charge in [0.1, 0.15) is 23.0 Å². The van der Waals surface area contributed by atoms with Crippen LogP contribution in [0.1, 0.15) is 51.9 Å². The predicted octanol–water partition coefficient (Wildman–Crippen LogP) is 1.54. The average molecular weight is 457 g/mol. The highest BCUT2D eigenvalue weighted by Gasteiger charge is 2.30. The summed E-state index contributed by atoms with van der Waals surface area (Å²) in [5, 5.41) is 7.70. The number of aryl methyl sites for hydroxylation is 1. The molecule has 1 aliphatic heterocycles. The zero-order valence-electron chi connectivity index (χ0n) is 19.0. The maximum Gasteiger partial charge on any atom is 0.407 e. The topological polar surface area (TPSA) is 148 Å². The monoisotopic (exact) mass is 457 g/mol. The standard InChI is InChI=1S/C22H27N5O6/c1-12-24-18-13(20(31)27(12)15-8-9-16(28)26-19(15)30)6-5-7-14(18)25-17(29)10-11-23-21(32)33-22(2,3)4/h5-7,15H,8-11H2,1-4H3,(H,23,32)(H,25,29)(H,26,28,30). The zero-order chi connectivity index (χ0) is 24.3. The smallest absolute Gasteiger partial charge is 0.407 e. The van der Waals surface area contributed by atoms with Gasteiger partial charge in [-0.05, 0) is 46.2 Å². The van der Waals surface area contributed by atoms with Gasteiger partial charge < -0.3 is 15.4 Å². The number of carbonyl (C=O) groups excluding carboxylic acids is 4. The molecule has 0 bridgehead atoms. The fraction of sp³-hybridized carbons (Fsp3) is 0.455. The minimum absolute atomic E-state index is 0.0120. The number of fused-ring (bicyclic) bond motifs is 1. The third kappa shape index (κ3) is 5.73. The highest BCUT2D eigenvalue weighted by molar-refractivity contribution is 6.01. The number of alkyl carbamates (subject to hydrolysis) is 1. The number of benzene rings is 1. The molecule has 176 valence electrons. The lowest BCUT2D eigenvalue weighted by Gasteiger charge is -2.24. The molecule has 2 heterocycles. The molecule has 0 aliphatic carbocycles. The summed E-state index contributed by atoms with van der Waals surface area (Å²) in [4.78, 5) is 65.4. The summed E-state index contributed by atoms with van der Waals surface area (Å²) in [5.41, 5.74) is -0.448. The van der Waals surface area contributed by atoms with Crippen LogP contribution in [0.15, 0.2) is 23.0 Å². The van der Waals surface area contributed by atoms with Crippen LogP contribution in [0.4, 0.5) is 10.5 Å². The number of ether oxygens (including phenoxy) is 1. The van der Waals surface area contributed by atoms with Crippen molar-refractivity contribution in [1.29, 1.82) is 0 Å². The highest BCUT2D eigenvalue weighted by Crippen LogP contribution is 2.23. The van der Waals surface area contributed by atoms with Crippen molar-refractivity contribution < 1.29 is 23.9 Å². The maximum atomic E-state index is 13.2. The van der Waals surface area contributed by atoms with Crippen molar-refractivity contribution in [2.75, 3.05) is 11.9 Å². The molecular formula is C22H27N5O6. The molecule has 1 aromatic heterocycles. The van der Waals surface area contributed by atoms with Gasteiger partial charge in [0.05, 0.1) is 11.1 Å². The first kappa shape index (κ1) is 23.9. The molecule has 11 nitrogen and oxygen atoms in total. The van der Waals surface area contributed by atoms with Gasteiger partial charge in [0.2, 0.25) is 17.7 Å². The van der Waals surface area contributed by atoms with E-state index in [9.17, 15) is 24.0 Å². The number of nitrogens with one attached hydrogen (secondary N) is 3. The highest BCUT2D eigenvalue weighted by atomic mass is 16.6. The normalized spacial score (nSPS) is 16.3. The number of para-hydroxylation sites is 1. The van der Waals surface area contributed by atoms with Crippen LogP contribution in [-0.4, -0.2) is 45.5 Å². The Kier molecular flexibility index (Phi) is 6.80. The summed E-state index contributed by atoms with van der Waals surface area (Å²) in [7, 11) is 0. The molecular weight excluding hydrogens is 430 g/mol. The van der Waals surface area contributed by atoms with Crippen molar-refractivity contribution >= 4 is 40.4 Å². The van der Waals surface area contributed by atoms with Gasteiger partial charge in [0, 0.05) is 19.4 Å². The third-order valence-corrected chi connectivity index (χ3v) is 4.92. The molecule has 2 aromatic rings. The van der Waals surface area contributed by atoms with Crippen LogP contribution in [0, 0.1) is 6.92 Å². The molecule has 11 heteroatoms. The van der Waals surface area contributed by atoms with E-state index in [4.69, 9.17) is 4.74 Å². The number of imide groups is 1. The first-order valence-electron chi connectivity index (χ1n) is 10.6. The number of carbonyl (C=O) groups is 4. The van der Waals surface area contributed by atoms with Crippen LogP contribution in [0.5, 0.6) is 0 Å². The van der Waals surface area contributed by atoms with E-state index in [1.807, 2.05) is 0 Å². The molecule has 1 saturated heterocycles. The molecule has 3 rings (SSSR count). The first-order chi connectivity index (χ1) is 15.5. The van der Waals surface area contributed by atoms with Crippen LogP contribution in [-0.2, 0) is 19.1 Å². The van der Waals surface area contributed by atoms with Crippen molar-refractivity contribution in [2.45, 2.75) is 58.6 Å². The largest absolute Gasteiger partial charge is 0.444 e. The van der Waals surface area contributed by atoms with Crippen molar-refractivity contribution in [3.05, 3.63) is 34.4 Å². The van der Waals surface area contributed by atoms with Gasteiger partial charge in [-0.25, -0.2) is 9.78 Å². The number of anilines is 1. The van der Waals surface area contributed by atoms with Crippen LogP contribution in [0.3, 0.4) is 0 Å². The average Bonchev–Trinajstić information content (AvgIpc) is 2.69. The van der Waals surface area contributed by atoms with E-state index < -0.39 is 29.2 Å². The second-order valence-corrected chi connectivity index (χ2v) is 8.73. The van der Waals surface area contributed by atoms with Gasteiger partial charge in [-0.2, -0.15) is 0 Å². The Balaban J connectivity index is 1.77. The molecule has 1 aromatic carbocycles. The minimum atomic E-state index is -0.829. The van der Waals surface area contributed by atoms with Gasteiger partial charge in [-0.15, -0.1) is 0 Å². The molecule has 1 fully saturated rings. The van der Waals surface area contributed by atoms with E-state index in [-0.39, 0.29) is 54.3 Å². The summed E-state index contributed by atoms with van der Waals surface area (Å²) in [6, 6.07) is 3.95. The van der Waals surface area contributed by atoms with Gasteiger partial charge in [0.15, 0.2) is 0 Å². The van der Waals surface area contributed by atoms with Gasteiger partial charge >= 0.3 is 6.09 Å². The summed E-state index contributed by atoms with van der Waals surface area (Å²) in [5.74, 6) is -1.01. The third-order valence-electron chi connectivity index (χ3n) is 4.92. The molecule has 1 aliphatic rings. The molecule has 0 spiro atoms. The molecule has 1 unspecified atom stereocenters.